The van der Waals surface area contributed by atoms with Crippen LogP contribution in [-0.4, -0.2) is 36.3 Å². The van der Waals surface area contributed by atoms with Gasteiger partial charge in [-0.15, -0.1) is 0 Å². The minimum Gasteiger partial charge on any atom is -0.461 e. The van der Waals surface area contributed by atoms with E-state index in [4.69, 9.17) is 14.2 Å². The first kappa shape index (κ1) is 32.2. The largest absolute Gasteiger partial charge is 0.461 e. The molecule has 2 amide bonds. The predicted octanol–water partition coefficient (Wildman–Crippen LogP) is 5.23. The van der Waals surface area contributed by atoms with Crippen LogP contribution in [0, 0.1) is 0 Å². The number of benzene rings is 4. The van der Waals surface area contributed by atoms with Gasteiger partial charge in [-0.2, -0.15) is 0 Å². The van der Waals surface area contributed by atoms with Gasteiger partial charge in [0.15, 0.2) is 0 Å². The van der Waals surface area contributed by atoms with Crippen molar-refractivity contribution in [3.8, 4) is 5.75 Å². The Kier molecular flexibility index (Phi) is 12.0. The van der Waals surface area contributed by atoms with E-state index in [0.29, 0.717) is 12.1 Å². The number of hydrogen-bond donors (Lipinski definition) is 2. The van der Waals surface area contributed by atoms with Crippen molar-refractivity contribution in [3.05, 3.63) is 131 Å². The first-order chi connectivity index (χ1) is 21.9. The second kappa shape index (κ2) is 16.8. The van der Waals surface area contributed by atoms with Crippen LogP contribution < -0.4 is 15.4 Å². The molecule has 45 heavy (non-hydrogen) atoms. The number of anilines is 1. The van der Waals surface area contributed by atoms with Crippen molar-refractivity contribution in [2.24, 2.45) is 0 Å². The van der Waals surface area contributed by atoms with E-state index in [9.17, 15) is 24.0 Å². The molecule has 0 aliphatic carbocycles. The molecule has 0 fully saturated rings. The Bertz CT molecular complexity index is 1610. The molecule has 0 aliphatic heterocycles. The lowest BCUT2D eigenvalue weighted by Crippen LogP contribution is -2.31. The Balaban J connectivity index is 1.20. The highest BCUT2D eigenvalue weighted by Crippen LogP contribution is 2.20. The molecule has 0 aromatic heterocycles. The summed E-state index contributed by atoms with van der Waals surface area (Å²) in [5, 5.41) is 5.20. The highest BCUT2D eigenvalue weighted by Gasteiger charge is 2.17. The smallest absolute Gasteiger partial charge is 0.343 e. The number of carbonyl (C=O) groups excluding carboxylic acids is 5. The Hall–Kier alpha value is -5.77. The van der Waals surface area contributed by atoms with Gasteiger partial charge in [0.2, 0.25) is 5.91 Å². The molecule has 10 heteroatoms. The molecule has 0 saturated heterocycles. The number of nitrogens with one attached hydrogen (secondary N) is 2. The van der Waals surface area contributed by atoms with Crippen LogP contribution in [0.15, 0.2) is 109 Å². The van der Waals surface area contributed by atoms with E-state index in [1.165, 1.54) is 24.3 Å². The van der Waals surface area contributed by atoms with E-state index in [1.807, 2.05) is 60.7 Å². The van der Waals surface area contributed by atoms with Crippen molar-refractivity contribution in [2.75, 3.05) is 11.9 Å². The van der Waals surface area contributed by atoms with E-state index in [2.05, 4.69) is 10.6 Å². The molecule has 0 bridgehead atoms. The fraction of sp³-hybridized carbons (Fsp3) is 0.171. The van der Waals surface area contributed by atoms with E-state index in [-0.39, 0.29) is 61.4 Å². The molecule has 0 heterocycles. The van der Waals surface area contributed by atoms with E-state index in [1.54, 1.807) is 24.3 Å². The summed E-state index contributed by atoms with van der Waals surface area (Å²) in [6, 6.07) is 30.6. The average Bonchev–Trinajstić information content (AvgIpc) is 3.06. The summed E-state index contributed by atoms with van der Waals surface area (Å²) >= 11 is 0. The molecular weight excluding hydrogens is 576 g/mol. The zero-order chi connectivity index (χ0) is 31.9. The standard InChI is InChI=1S/C35H32N2O8/c38-31(16-9-17-32(39)43-23-25-10-3-1-4-11-25)37-28-20-18-27(19-21-28)35(42)45-30-15-8-7-14-29(30)34(41)36-22-33(40)44-24-26-12-5-2-6-13-26/h1-8,10-15,18-21H,9,16-17,22-24H2,(H,36,41)(H,37,38). The molecule has 4 aromatic rings. The lowest BCUT2D eigenvalue weighted by atomic mass is 10.1. The zero-order valence-electron chi connectivity index (χ0n) is 24.4. The summed E-state index contributed by atoms with van der Waals surface area (Å²) in [7, 11) is 0. The molecule has 0 unspecified atom stereocenters. The minimum atomic E-state index is -0.718. The van der Waals surface area contributed by atoms with Gasteiger partial charge in [-0.1, -0.05) is 72.8 Å². The number of carbonyl (C=O) groups is 5. The maximum absolute atomic E-state index is 12.8. The summed E-state index contributed by atoms with van der Waals surface area (Å²) in [6.45, 7) is -0.0941. The van der Waals surface area contributed by atoms with Crippen molar-refractivity contribution in [1.29, 1.82) is 0 Å². The zero-order valence-corrected chi connectivity index (χ0v) is 24.4. The van der Waals surface area contributed by atoms with Gasteiger partial charge >= 0.3 is 17.9 Å². The van der Waals surface area contributed by atoms with Gasteiger partial charge in [-0.25, -0.2) is 4.79 Å². The summed E-state index contributed by atoms with van der Waals surface area (Å²) < 4.78 is 15.8. The summed E-state index contributed by atoms with van der Waals surface area (Å²) in [5.74, 6) is -2.60. The van der Waals surface area contributed by atoms with Crippen LogP contribution in [0.25, 0.3) is 0 Å². The predicted molar refractivity (Wildman–Crippen MR) is 165 cm³/mol. The minimum absolute atomic E-state index is 0.0114. The molecule has 0 saturated carbocycles. The second-order valence-corrected chi connectivity index (χ2v) is 9.84. The fourth-order valence-electron chi connectivity index (χ4n) is 4.06. The van der Waals surface area contributed by atoms with Crippen LogP contribution in [0.4, 0.5) is 5.69 Å². The van der Waals surface area contributed by atoms with Gasteiger partial charge in [0, 0.05) is 18.5 Å². The van der Waals surface area contributed by atoms with E-state index >= 15 is 0 Å². The van der Waals surface area contributed by atoms with Gasteiger partial charge < -0.3 is 24.8 Å². The summed E-state index contributed by atoms with van der Waals surface area (Å²) in [6.07, 6.45) is 0.558. The third kappa shape index (κ3) is 10.8. The Morgan fingerprint density at radius 2 is 1.18 bits per heavy atom. The number of esters is 3. The van der Waals surface area contributed by atoms with Crippen molar-refractivity contribution in [3.63, 3.8) is 0 Å². The first-order valence-corrected chi connectivity index (χ1v) is 14.3. The molecule has 230 valence electrons. The van der Waals surface area contributed by atoms with Crippen molar-refractivity contribution in [1.82, 2.24) is 5.32 Å². The third-order valence-corrected chi connectivity index (χ3v) is 6.40. The van der Waals surface area contributed by atoms with Crippen LogP contribution in [0.2, 0.25) is 0 Å². The quantitative estimate of drug-likeness (QED) is 0.147. The molecule has 2 N–H and O–H groups in total. The second-order valence-electron chi connectivity index (χ2n) is 9.84. The molecule has 4 rings (SSSR count). The number of ether oxygens (including phenoxy) is 3. The van der Waals surface area contributed by atoms with Crippen LogP contribution in [0.3, 0.4) is 0 Å². The molecule has 0 aliphatic rings. The van der Waals surface area contributed by atoms with E-state index in [0.717, 1.165) is 11.1 Å². The van der Waals surface area contributed by atoms with Crippen molar-refractivity contribution < 1.29 is 38.2 Å². The Morgan fingerprint density at radius 3 is 1.82 bits per heavy atom. The highest BCUT2D eigenvalue weighted by atomic mass is 16.5. The lowest BCUT2D eigenvalue weighted by Gasteiger charge is -2.11. The van der Waals surface area contributed by atoms with Crippen molar-refractivity contribution in [2.45, 2.75) is 32.5 Å². The number of hydrogen-bond acceptors (Lipinski definition) is 8. The maximum atomic E-state index is 12.8. The molecule has 10 nitrogen and oxygen atoms in total. The molecule has 0 spiro atoms. The first-order valence-electron chi connectivity index (χ1n) is 14.3. The number of amides is 2. The normalized spacial score (nSPS) is 10.3. The summed E-state index contributed by atoms with van der Waals surface area (Å²) in [5.41, 5.74) is 2.42. The molecular formula is C35H32N2O8. The molecule has 0 atom stereocenters. The van der Waals surface area contributed by atoms with Gasteiger partial charge in [0.05, 0.1) is 11.1 Å². The van der Waals surface area contributed by atoms with E-state index < -0.39 is 17.8 Å². The number of para-hydroxylation sites is 1. The van der Waals surface area contributed by atoms with Crippen LogP contribution in [-0.2, 0) is 37.1 Å². The molecule has 4 aromatic carbocycles. The van der Waals surface area contributed by atoms with Gasteiger partial charge in [0.1, 0.15) is 25.5 Å². The van der Waals surface area contributed by atoms with Gasteiger partial charge in [0.25, 0.3) is 5.91 Å². The highest BCUT2D eigenvalue weighted by molar-refractivity contribution is 6.00. The maximum Gasteiger partial charge on any atom is 0.343 e. The lowest BCUT2D eigenvalue weighted by molar-refractivity contribution is -0.145. The Morgan fingerprint density at radius 1 is 0.600 bits per heavy atom. The number of rotatable bonds is 14. The Labute approximate surface area is 260 Å². The topological polar surface area (TPSA) is 137 Å². The SMILES string of the molecule is O=C(CCCC(=O)OCc1ccccc1)Nc1ccc(C(=O)Oc2ccccc2C(=O)NCC(=O)OCc2ccccc2)cc1. The van der Waals surface area contributed by atoms with Crippen LogP contribution in [0.1, 0.15) is 51.1 Å². The monoisotopic (exact) mass is 608 g/mol. The van der Waals surface area contributed by atoms with Gasteiger partial charge in [-0.05, 0) is 53.9 Å². The fourth-order valence-corrected chi connectivity index (χ4v) is 4.06. The third-order valence-electron chi connectivity index (χ3n) is 6.40. The van der Waals surface area contributed by atoms with Crippen LogP contribution in [0.5, 0.6) is 5.75 Å². The summed E-state index contributed by atoms with van der Waals surface area (Å²) in [4.78, 5) is 61.9. The van der Waals surface area contributed by atoms with Crippen molar-refractivity contribution >= 4 is 35.4 Å². The average molecular weight is 609 g/mol. The van der Waals surface area contributed by atoms with Crippen LogP contribution >= 0.6 is 0 Å². The van der Waals surface area contributed by atoms with Gasteiger partial charge in [-0.3, -0.25) is 19.2 Å². The molecule has 0 radical (unpaired) electrons.